The van der Waals surface area contributed by atoms with E-state index in [2.05, 4.69) is 9.97 Å². The monoisotopic (exact) mass is 320 g/mol. The fourth-order valence-electron chi connectivity index (χ4n) is 2.57. The smallest absolute Gasteiger partial charge is 0.337 e. The summed E-state index contributed by atoms with van der Waals surface area (Å²) in [5.74, 6) is -0.375. The highest BCUT2D eigenvalue weighted by Gasteiger charge is 2.07. The zero-order chi connectivity index (χ0) is 16.9. The third-order valence-corrected chi connectivity index (χ3v) is 3.74. The lowest BCUT2D eigenvalue weighted by molar-refractivity contribution is -0.107. The number of esters is 1. The van der Waals surface area contributed by atoms with E-state index < -0.39 is 0 Å². The molecule has 0 saturated heterocycles. The van der Waals surface area contributed by atoms with Crippen molar-refractivity contribution in [3.05, 3.63) is 71.2 Å². The SMILES string of the molecule is COC(=O)c1ccnc(Cc2ccc3ncc(CC=O)cc3c2)c1. The zero-order valence-electron chi connectivity index (χ0n) is 13.2. The van der Waals surface area contributed by atoms with Gasteiger partial charge in [-0.2, -0.15) is 0 Å². The number of hydrogen-bond acceptors (Lipinski definition) is 5. The molecule has 5 nitrogen and oxygen atoms in total. The number of hydrogen-bond donors (Lipinski definition) is 0. The van der Waals surface area contributed by atoms with Crippen molar-refractivity contribution in [2.24, 2.45) is 0 Å². The molecule has 0 unspecified atom stereocenters. The standard InChI is InChI=1S/C19H16N2O3/c1-24-19(23)15-4-6-20-17(11-15)10-13-2-3-18-16(8-13)9-14(5-7-22)12-21-18/h2-4,6-9,11-12H,5,10H2,1H3. The molecule has 0 aliphatic heterocycles. The van der Waals surface area contributed by atoms with Gasteiger partial charge < -0.3 is 9.53 Å². The minimum absolute atomic E-state index is 0.357. The van der Waals surface area contributed by atoms with Gasteiger partial charge in [0.1, 0.15) is 6.29 Å². The van der Waals surface area contributed by atoms with Crippen molar-refractivity contribution in [2.45, 2.75) is 12.8 Å². The quantitative estimate of drug-likeness (QED) is 0.534. The topological polar surface area (TPSA) is 69.2 Å². The summed E-state index contributed by atoms with van der Waals surface area (Å²) in [5.41, 5.74) is 4.10. The normalized spacial score (nSPS) is 10.5. The predicted molar refractivity (Wildman–Crippen MR) is 89.9 cm³/mol. The maximum absolute atomic E-state index is 11.6. The number of aldehydes is 1. The highest BCUT2D eigenvalue weighted by Crippen LogP contribution is 2.18. The Hall–Kier alpha value is -3.08. The summed E-state index contributed by atoms with van der Waals surface area (Å²) in [6.07, 6.45) is 5.15. The molecule has 0 N–H and O–H groups in total. The number of methoxy groups -OCH3 is 1. The number of pyridine rings is 2. The van der Waals surface area contributed by atoms with Crippen LogP contribution in [-0.4, -0.2) is 29.3 Å². The van der Waals surface area contributed by atoms with E-state index in [1.807, 2.05) is 24.3 Å². The maximum atomic E-state index is 11.6. The van der Waals surface area contributed by atoms with E-state index in [0.29, 0.717) is 18.4 Å². The molecule has 0 aliphatic carbocycles. The number of carbonyl (C=O) groups excluding carboxylic acids is 2. The van der Waals surface area contributed by atoms with Crippen molar-refractivity contribution in [1.82, 2.24) is 9.97 Å². The number of rotatable bonds is 5. The summed E-state index contributed by atoms with van der Waals surface area (Å²) in [7, 11) is 1.36. The number of nitrogens with zero attached hydrogens (tertiary/aromatic N) is 2. The molecule has 0 bridgehead atoms. The fourth-order valence-corrected chi connectivity index (χ4v) is 2.57. The summed E-state index contributed by atoms with van der Waals surface area (Å²) >= 11 is 0. The molecule has 120 valence electrons. The van der Waals surface area contributed by atoms with Crippen LogP contribution in [0.2, 0.25) is 0 Å². The molecule has 0 aliphatic rings. The van der Waals surface area contributed by atoms with E-state index in [1.165, 1.54) is 7.11 Å². The second-order valence-corrected chi connectivity index (χ2v) is 5.45. The van der Waals surface area contributed by atoms with Crippen LogP contribution in [0.5, 0.6) is 0 Å². The van der Waals surface area contributed by atoms with E-state index in [0.717, 1.165) is 34.0 Å². The van der Waals surface area contributed by atoms with E-state index >= 15 is 0 Å². The van der Waals surface area contributed by atoms with Gasteiger partial charge in [0.2, 0.25) is 0 Å². The van der Waals surface area contributed by atoms with Crippen molar-refractivity contribution in [1.29, 1.82) is 0 Å². The molecule has 3 rings (SSSR count). The van der Waals surface area contributed by atoms with Crippen molar-refractivity contribution in [3.63, 3.8) is 0 Å². The number of fused-ring (bicyclic) bond motifs is 1. The Morgan fingerprint density at radius 2 is 1.96 bits per heavy atom. The molecule has 5 heteroatoms. The molecule has 0 radical (unpaired) electrons. The minimum atomic E-state index is -0.375. The van der Waals surface area contributed by atoms with Gasteiger partial charge in [-0.25, -0.2) is 4.79 Å². The summed E-state index contributed by atoms with van der Waals surface area (Å²) in [5, 5.41) is 0.982. The summed E-state index contributed by atoms with van der Waals surface area (Å²) < 4.78 is 4.73. The molecule has 1 aromatic carbocycles. The lowest BCUT2D eigenvalue weighted by Crippen LogP contribution is -2.03. The van der Waals surface area contributed by atoms with Gasteiger partial charge in [0.25, 0.3) is 0 Å². The van der Waals surface area contributed by atoms with Crippen LogP contribution in [0.1, 0.15) is 27.2 Å². The second kappa shape index (κ2) is 7.00. The molecule has 0 amide bonds. The number of aromatic nitrogens is 2. The van der Waals surface area contributed by atoms with E-state index in [-0.39, 0.29) is 5.97 Å². The summed E-state index contributed by atoms with van der Waals surface area (Å²) in [6.45, 7) is 0. The van der Waals surface area contributed by atoms with Crippen LogP contribution in [-0.2, 0) is 22.4 Å². The Kier molecular flexibility index (Phi) is 4.61. The maximum Gasteiger partial charge on any atom is 0.337 e. The third-order valence-electron chi connectivity index (χ3n) is 3.74. The van der Waals surface area contributed by atoms with Gasteiger partial charge in [0.15, 0.2) is 0 Å². The first-order valence-electron chi connectivity index (χ1n) is 7.54. The molecule has 2 aromatic heterocycles. The Labute approximate surface area is 139 Å². The second-order valence-electron chi connectivity index (χ2n) is 5.45. The Bertz CT molecular complexity index is 906. The van der Waals surface area contributed by atoms with Gasteiger partial charge in [-0.05, 0) is 41.5 Å². The van der Waals surface area contributed by atoms with Crippen LogP contribution in [0, 0.1) is 0 Å². The van der Waals surface area contributed by atoms with E-state index in [4.69, 9.17) is 4.74 Å². The largest absolute Gasteiger partial charge is 0.465 e. The van der Waals surface area contributed by atoms with Gasteiger partial charge in [-0.15, -0.1) is 0 Å². The van der Waals surface area contributed by atoms with Crippen LogP contribution in [0.3, 0.4) is 0 Å². The summed E-state index contributed by atoms with van der Waals surface area (Å²) in [4.78, 5) is 30.9. The highest BCUT2D eigenvalue weighted by atomic mass is 16.5. The molecular weight excluding hydrogens is 304 g/mol. The van der Waals surface area contributed by atoms with Gasteiger partial charge >= 0.3 is 5.97 Å². The number of ether oxygens (including phenoxy) is 1. The number of benzene rings is 1. The van der Waals surface area contributed by atoms with E-state index in [9.17, 15) is 9.59 Å². The molecule has 0 fully saturated rings. The third kappa shape index (κ3) is 3.46. The zero-order valence-corrected chi connectivity index (χ0v) is 13.2. The molecular formula is C19H16N2O3. The molecule has 24 heavy (non-hydrogen) atoms. The molecule has 0 spiro atoms. The average molecular weight is 320 g/mol. The molecule has 2 heterocycles. The van der Waals surface area contributed by atoms with Crippen LogP contribution < -0.4 is 0 Å². The lowest BCUT2D eigenvalue weighted by atomic mass is 10.0. The van der Waals surface area contributed by atoms with Gasteiger partial charge in [-0.1, -0.05) is 6.07 Å². The molecule has 0 saturated carbocycles. The first-order valence-corrected chi connectivity index (χ1v) is 7.54. The van der Waals surface area contributed by atoms with Crippen LogP contribution >= 0.6 is 0 Å². The van der Waals surface area contributed by atoms with Crippen LogP contribution in [0.25, 0.3) is 10.9 Å². The first-order chi connectivity index (χ1) is 11.7. The predicted octanol–water partition coefficient (Wildman–Crippen LogP) is 2.75. The first kappa shape index (κ1) is 15.8. The van der Waals surface area contributed by atoms with Gasteiger partial charge in [-0.3, -0.25) is 9.97 Å². The van der Waals surface area contributed by atoms with Crippen molar-refractivity contribution in [2.75, 3.05) is 7.11 Å². The lowest BCUT2D eigenvalue weighted by Gasteiger charge is -2.06. The Balaban J connectivity index is 1.89. The van der Waals surface area contributed by atoms with E-state index in [1.54, 1.807) is 24.5 Å². The molecule has 3 aromatic rings. The van der Waals surface area contributed by atoms with Gasteiger partial charge in [0, 0.05) is 36.3 Å². The van der Waals surface area contributed by atoms with Crippen molar-refractivity contribution in [3.8, 4) is 0 Å². The summed E-state index contributed by atoms with van der Waals surface area (Å²) in [6, 6.07) is 11.3. The average Bonchev–Trinajstić information content (AvgIpc) is 2.61. The fraction of sp³-hybridized carbons (Fsp3) is 0.158. The van der Waals surface area contributed by atoms with Crippen LogP contribution in [0.4, 0.5) is 0 Å². The Morgan fingerprint density at radius 1 is 1.12 bits per heavy atom. The Morgan fingerprint density at radius 3 is 2.75 bits per heavy atom. The number of carbonyl (C=O) groups is 2. The van der Waals surface area contributed by atoms with Crippen LogP contribution in [0.15, 0.2) is 48.8 Å². The minimum Gasteiger partial charge on any atom is -0.465 e. The van der Waals surface area contributed by atoms with Gasteiger partial charge in [0.05, 0.1) is 18.2 Å². The molecule has 0 atom stereocenters. The van der Waals surface area contributed by atoms with Crippen molar-refractivity contribution >= 4 is 23.2 Å². The van der Waals surface area contributed by atoms with Crippen molar-refractivity contribution < 1.29 is 14.3 Å². The highest BCUT2D eigenvalue weighted by molar-refractivity contribution is 5.89.